The summed E-state index contributed by atoms with van der Waals surface area (Å²) in [6, 6.07) is 9.36. The topological polar surface area (TPSA) is 49.4 Å². The Morgan fingerprint density at radius 2 is 2.06 bits per heavy atom. The van der Waals surface area contributed by atoms with Crippen LogP contribution in [-0.2, 0) is 16.0 Å². The predicted octanol–water partition coefficient (Wildman–Crippen LogP) is 0.617. The van der Waals surface area contributed by atoms with Crippen LogP contribution in [0.2, 0.25) is 0 Å². The van der Waals surface area contributed by atoms with Crippen molar-refractivity contribution in [3.8, 4) is 0 Å². The van der Waals surface area contributed by atoms with Gasteiger partial charge in [-0.05, 0) is 26.0 Å². The van der Waals surface area contributed by atoms with Gasteiger partial charge in [-0.15, -0.1) is 0 Å². The molecule has 0 aromatic heterocycles. The predicted molar refractivity (Wildman–Crippen MR) is 69.2 cm³/mol. The van der Waals surface area contributed by atoms with Gasteiger partial charge in [-0.3, -0.25) is 14.5 Å². The van der Waals surface area contributed by atoms with Gasteiger partial charge in [0.1, 0.15) is 0 Å². The van der Waals surface area contributed by atoms with E-state index >= 15 is 0 Å². The Labute approximate surface area is 107 Å². The van der Waals surface area contributed by atoms with Crippen molar-refractivity contribution in [2.24, 2.45) is 0 Å². The summed E-state index contributed by atoms with van der Waals surface area (Å²) in [6.45, 7) is 2.09. The summed E-state index contributed by atoms with van der Waals surface area (Å²) in [5.74, 6) is -0.0545. The van der Waals surface area contributed by atoms with Crippen LogP contribution in [0.5, 0.6) is 0 Å². The third kappa shape index (κ3) is 2.76. The maximum atomic E-state index is 12.0. The summed E-state index contributed by atoms with van der Waals surface area (Å²) in [6.07, 6.45) is 0.674. The van der Waals surface area contributed by atoms with E-state index in [1.807, 2.05) is 42.3 Å². The molecule has 96 valence electrons. The molecule has 0 saturated carbocycles. The van der Waals surface area contributed by atoms with E-state index in [0.717, 1.165) is 5.56 Å². The zero-order valence-electron chi connectivity index (χ0n) is 10.7. The van der Waals surface area contributed by atoms with Gasteiger partial charge >= 0.3 is 0 Å². The van der Waals surface area contributed by atoms with Crippen molar-refractivity contribution >= 4 is 11.7 Å². The van der Waals surface area contributed by atoms with Crippen LogP contribution in [0.25, 0.3) is 0 Å². The zero-order chi connectivity index (χ0) is 13.1. The molecule has 0 radical (unpaired) electrons. The van der Waals surface area contributed by atoms with E-state index in [1.54, 1.807) is 0 Å². The van der Waals surface area contributed by atoms with Gasteiger partial charge in [0.05, 0.1) is 12.1 Å². The van der Waals surface area contributed by atoms with Crippen molar-refractivity contribution in [1.82, 2.24) is 10.2 Å². The van der Waals surface area contributed by atoms with E-state index in [0.29, 0.717) is 13.0 Å². The standard InChI is InChI=1S/C14H18N2O2/c1-10(17)12-9-16(2)13(14(18)15-12)8-11-6-4-3-5-7-11/h3-7,12-13H,8-9H2,1-2H3,(H,15,18)/t12-,13+/m0/s1. The number of nitrogens with one attached hydrogen (secondary N) is 1. The van der Waals surface area contributed by atoms with Crippen LogP contribution in [0.4, 0.5) is 0 Å². The minimum Gasteiger partial charge on any atom is -0.344 e. The van der Waals surface area contributed by atoms with Crippen molar-refractivity contribution in [3.63, 3.8) is 0 Å². The van der Waals surface area contributed by atoms with Crippen molar-refractivity contribution < 1.29 is 9.59 Å². The van der Waals surface area contributed by atoms with Crippen LogP contribution in [0.15, 0.2) is 30.3 Å². The summed E-state index contributed by atoms with van der Waals surface area (Å²) < 4.78 is 0. The van der Waals surface area contributed by atoms with Crippen molar-refractivity contribution in [2.75, 3.05) is 13.6 Å². The third-order valence-corrected chi connectivity index (χ3v) is 3.38. The van der Waals surface area contributed by atoms with Crippen molar-refractivity contribution in [2.45, 2.75) is 25.4 Å². The molecule has 1 aliphatic heterocycles. The number of nitrogens with zero attached hydrogens (tertiary/aromatic N) is 1. The maximum Gasteiger partial charge on any atom is 0.238 e. The lowest BCUT2D eigenvalue weighted by molar-refractivity contribution is -0.134. The monoisotopic (exact) mass is 246 g/mol. The molecular formula is C14H18N2O2. The molecule has 1 aromatic rings. The zero-order valence-corrected chi connectivity index (χ0v) is 10.7. The third-order valence-electron chi connectivity index (χ3n) is 3.38. The van der Waals surface area contributed by atoms with Gasteiger partial charge in [-0.25, -0.2) is 0 Å². The highest BCUT2D eigenvalue weighted by molar-refractivity contribution is 5.91. The number of ketones is 1. The summed E-state index contributed by atoms with van der Waals surface area (Å²) in [7, 11) is 1.89. The van der Waals surface area contributed by atoms with Crippen molar-refractivity contribution in [1.29, 1.82) is 0 Å². The first kappa shape index (κ1) is 12.8. The number of rotatable bonds is 3. The number of piperazine rings is 1. The molecule has 18 heavy (non-hydrogen) atoms. The van der Waals surface area contributed by atoms with E-state index in [4.69, 9.17) is 0 Å². The molecule has 1 saturated heterocycles. The van der Waals surface area contributed by atoms with E-state index in [9.17, 15) is 9.59 Å². The van der Waals surface area contributed by atoms with Crippen molar-refractivity contribution in [3.05, 3.63) is 35.9 Å². The van der Waals surface area contributed by atoms with Gasteiger partial charge in [0.2, 0.25) is 5.91 Å². The molecule has 1 aliphatic rings. The van der Waals surface area contributed by atoms with Crippen LogP contribution in [0, 0.1) is 0 Å². The van der Waals surface area contributed by atoms with Gasteiger partial charge in [0, 0.05) is 6.54 Å². The summed E-state index contributed by atoms with van der Waals surface area (Å²) in [5.41, 5.74) is 1.13. The molecule has 1 heterocycles. The first-order valence-electron chi connectivity index (χ1n) is 6.13. The SMILES string of the molecule is CC(=O)[C@@H]1CN(C)[C@H](Cc2ccccc2)C(=O)N1. The lowest BCUT2D eigenvalue weighted by atomic mass is 10.00. The molecular weight excluding hydrogens is 228 g/mol. The number of hydrogen-bond donors (Lipinski definition) is 1. The fourth-order valence-corrected chi connectivity index (χ4v) is 2.25. The number of benzene rings is 1. The molecule has 4 nitrogen and oxygen atoms in total. The largest absolute Gasteiger partial charge is 0.344 e. The highest BCUT2D eigenvalue weighted by Crippen LogP contribution is 2.12. The van der Waals surface area contributed by atoms with Gasteiger partial charge in [0.25, 0.3) is 0 Å². The normalized spacial score (nSPS) is 24.7. The minimum absolute atomic E-state index is 0.00774. The minimum atomic E-state index is -0.366. The van der Waals surface area contributed by atoms with E-state index < -0.39 is 0 Å². The molecule has 2 atom stereocenters. The number of amides is 1. The highest BCUT2D eigenvalue weighted by atomic mass is 16.2. The summed E-state index contributed by atoms with van der Waals surface area (Å²) in [5, 5.41) is 2.79. The smallest absolute Gasteiger partial charge is 0.238 e. The molecule has 2 rings (SSSR count). The molecule has 0 aliphatic carbocycles. The number of Topliss-reactive ketones (excluding diaryl/α,β-unsaturated/α-hetero) is 1. The first-order chi connectivity index (χ1) is 8.58. The van der Waals surface area contributed by atoms with Gasteiger partial charge in [0.15, 0.2) is 5.78 Å². The number of carbonyl (C=O) groups is 2. The van der Waals surface area contributed by atoms with Crippen LogP contribution < -0.4 is 5.32 Å². The summed E-state index contributed by atoms with van der Waals surface area (Å²) >= 11 is 0. The Hall–Kier alpha value is -1.68. The number of carbonyl (C=O) groups excluding carboxylic acids is 2. The van der Waals surface area contributed by atoms with Gasteiger partial charge in [-0.1, -0.05) is 30.3 Å². The molecule has 0 unspecified atom stereocenters. The molecule has 1 fully saturated rings. The second-order valence-electron chi connectivity index (χ2n) is 4.82. The van der Waals surface area contributed by atoms with Crippen LogP contribution >= 0.6 is 0 Å². The maximum absolute atomic E-state index is 12.0. The Morgan fingerprint density at radius 1 is 1.39 bits per heavy atom. The molecule has 0 bridgehead atoms. The molecule has 0 spiro atoms. The lowest BCUT2D eigenvalue weighted by Crippen LogP contribution is -2.61. The Balaban J connectivity index is 2.06. The molecule has 1 aromatic carbocycles. The highest BCUT2D eigenvalue weighted by Gasteiger charge is 2.33. The van der Waals surface area contributed by atoms with Gasteiger partial charge in [-0.2, -0.15) is 0 Å². The van der Waals surface area contributed by atoms with Crippen LogP contribution in [-0.4, -0.2) is 42.3 Å². The summed E-state index contributed by atoms with van der Waals surface area (Å²) in [4.78, 5) is 25.3. The van der Waals surface area contributed by atoms with E-state index in [-0.39, 0.29) is 23.8 Å². The Morgan fingerprint density at radius 3 is 2.61 bits per heavy atom. The quantitative estimate of drug-likeness (QED) is 0.850. The second kappa shape index (κ2) is 5.31. The average Bonchev–Trinajstić information content (AvgIpc) is 2.34. The van der Waals surface area contributed by atoms with Crippen LogP contribution in [0.3, 0.4) is 0 Å². The van der Waals surface area contributed by atoms with Gasteiger partial charge < -0.3 is 5.32 Å². The molecule has 1 N–H and O–H groups in total. The van der Waals surface area contributed by atoms with E-state index in [1.165, 1.54) is 6.92 Å². The molecule has 1 amide bonds. The molecule has 4 heteroatoms. The Kier molecular flexibility index (Phi) is 3.77. The lowest BCUT2D eigenvalue weighted by Gasteiger charge is -2.36. The fraction of sp³-hybridized carbons (Fsp3) is 0.429. The average molecular weight is 246 g/mol. The Bertz CT molecular complexity index is 444. The fourth-order valence-electron chi connectivity index (χ4n) is 2.25. The second-order valence-corrected chi connectivity index (χ2v) is 4.82. The van der Waals surface area contributed by atoms with E-state index in [2.05, 4.69) is 5.32 Å². The number of hydrogen-bond acceptors (Lipinski definition) is 3. The first-order valence-corrected chi connectivity index (χ1v) is 6.13. The van der Waals surface area contributed by atoms with Crippen LogP contribution in [0.1, 0.15) is 12.5 Å². The number of likely N-dealkylation sites (N-methyl/N-ethyl adjacent to an activating group) is 1.